The molecule has 184 valence electrons. The van der Waals surface area contributed by atoms with Crippen molar-refractivity contribution in [3.05, 3.63) is 12.7 Å². The molecule has 0 radical (unpaired) electrons. The second kappa shape index (κ2) is 9.18. The van der Waals surface area contributed by atoms with Crippen LogP contribution in [-0.2, 0) is 32.8 Å². The summed E-state index contributed by atoms with van der Waals surface area (Å²) in [5.41, 5.74) is 5.46. The van der Waals surface area contributed by atoms with E-state index in [1.165, 1.54) is 6.33 Å². The van der Waals surface area contributed by atoms with Gasteiger partial charge in [0.1, 0.15) is 49.1 Å². The lowest BCUT2D eigenvalue weighted by Gasteiger charge is -2.40. The van der Waals surface area contributed by atoms with Crippen LogP contribution in [0.3, 0.4) is 0 Å². The Morgan fingerprint density at radius 2 is 1.97 bits per heavy atom. The Labute approximate surface area is 192 Å². The largest absolute Gasteiger partial charge is 0.382 e. The smallest absolute Gasteiger partial charge is 0.225 e. The maximum absolute atomic E-state index is 12.8. The first kappa shape index (κ1) is 24.5. The van der Waals surface area contributed by atoms with Gasteiger partial charge in [0.15, 0.2) is 11.5 Å². The summed E-state index contributed by atoms with van der Waals surface area (Å²) in [7, 11) is 0.176. The van der Waals surface area contributed by atoms with Crippen LogP contribution in [0.5, 0.6) is 0 Å². The molecule has 0 bridgehead atoms. The average molecular weight is 485 g/mol. The minimum atomic E-state index is -2.93. The molecule has 2 unspecified atom stereocenters. The number of nitrogen functional groups attached to an aromatic ring is 1. The van der Waals surface area contributed by atoms with Gasteiger partial charge < -0.3 is 38.5 Å². The highest BCUT2D eigenvalue weighted by atomic mass is 31.2. The minimum Gasteiger partial charge on any atom is -0.382 e. The van der Waals surface area contributed by atoms with Gasteiger partial charge in [0, 0.05) is 26.8 Å². The number of ether oxygens (including phenoxy) is 5. The number of nitrogens with two attached hydrogens (primary N) is 1. The lowest BCUT2D eigenvalue weighted by Crippen LogP contribution is -2.52. The van der Waals surface area contributed by atoms with E-state index < -0.39 is 24.7 Å². The van der Waals surface area contributed by atoms with E-state index >= 15 is 0 Å². The zero-order valence-corrected chi connectivity index (χ0v) is 20.5. The van der Waals surface area contributed by atoms with Crippen molar-refractivity contribution in [1.29, 1.82) is 0 Å². The molecule has 13 heteroatoms. The highest BCUT2D eigenvalue weighted by Crippen LogP contribution is 2.69. The van der Waals surface area contributed by atoms with E-state index in [-0.39, 0.29) is 31.9 Å². The fourth-order valence-electron chi connectivity index (χ4n) is 5.13. The maximum atomic E-state index is 12.8. The van der Waals surface area contributed by atoms with Crippen molar-refractivity contribution in [2.45, 2.75) is 43.6 Å². The van der Waals surface area contributed by atoms with Crippen LogP contribution < -0.4 is 5.73 Å². The molecule has 2 saturated carbocycles. The highest BCUT2D eigenvalue weighted by molar-refractivity contribution is 7.57. The Morgan fingerprint density at radius 3 is 2.67 bits per heavy atom. The van der Waals surface area contributed by atoms with Crippen molar-refractivity contribution in [3.63, 3.8) is 0 Å². The van der Waals surface area contributed by atoms with Crippen molar-refractivity contribution >= 4 is 24.4 Å². The topological polar surface area (TPSA) is 142 Å². The number of hydrogen-bond acceptors (Lipinski definition) is 11. The third kappa shape index (κ3) is 4.18. The number of imidazole rings is 1. The molecule has 12 nitrogen and oxygen atoms in total. The van der Waals surface area contributed by atoms with Crippen LogP contribution in [0.1, 0.15) is 26.3 Å². The summed E-state index contributed by atoms with van der Waals surface area (Å²) in [4.78, 5) is 12.9. The molecule has 33 heavy (non-hydrogen) atoms. The van der Waals surface area contributed by atoms with Gasteiger partial charge in [0.25, 0.3) is 0 Å². The van der Waals surface area contributed by atoms with Crippen molar-refractivity contribution in [2.24, 2.45) is 5.92 Å². The molecule has 2 aliphatic rings. The molecule has 2 N–H and O–H groups in total. The van der Waals surface area contributed by atoms with Crippen molar-refractivity contribution in [1.82, 2.24) is 19.5 Å². The molecule has 2 aromatic heterocycles. The van der Waals surface area contributed by atoms with Gasteiger partial charge in [0.2, 0.25) is 7.37 Å². The van der Waals surface area contributed by atoms with Crippen molar-refractivity contribution < 1.29 is 32.8 Å². The number of anilines is 1. The summed E-state index contributed by atoms with van der Waals surface area (Å²) in [5, 5.41) is 0. The van der Waals surface area contributed by atoms with E-state index in [1.807, 2.05) is 11.5 Å². The normalized spacial score (nSPS) is 32.7. The summed E-state index contributed by atoms with van der Waals surface area (Å²) in [6.07, 6.45) is 3.18. The fourth-order valence-corrected chi connectivity index (χ4v) is 6.22. The van der Waals surface area contributed by atoms with Gasteiger partial charge in [-0.3, -0.25) is 4.57 Å². The van der Waals surface area contributed by atoms with Gasteiger partial charge in [-0.25, -0.2) is 15.0 Å². The molecule has 0 aliphatic heterocycles. The summed E-state index contributed by atoms with van der Waals surface area (Å²) < 4.78 is 49.4. The summed E-state index contributed by atoms with van der Waals surface area (Å²) >= 11 is 0. The lowest BCUT2D eigenvalue weighted by atomic mass is 9.91. The summed E-state index contributed by atoms with van der Waals surface area (Å²) in [5.74, 6) is 0.266. The van der Waals surface area contributed by atoms with E-state index in [1.54, 1.807) is 34.1 Å². The van der Waals surface area contributed by atoms with Crippen LogP contribution >= 0.6 is 7.37 Å². The van der Waals surface area contributed by atoms with Gasteiger partial charge in [-0.05, 0) is 20.3 Å². The number of rotatable bonds is 12. The number of methoxy groups -OCH3 is 2. The average Bonchev–Trinajstić information content (AvgIpc) is 3.24. The van der Waals surface area contributed by atoms with Crippen LogP contribution in [-0.4, -0.2) is 84.3 Å². The number of fused-ring (bicyclic) bond motifs is 2. The quantitative estimate of drug-likeness (QED) is 0.348. The molecule has 2 aliphatic carbocycles. The van der Waals surface area contributed by atoms with E-state index in [0.29, 0.717) is 30.0 Å². The molecule has 0 spiro atoms. The number of nitrogens with zero attached hydrogens (tertiary/aromatic N) is 4. The first-order valence-corrected chi connectivity index (χ1v) is 13.0. The van der Waals surface area contributed by atoms with Crippen LogP contribution in [0, 0.1) is 5.92 Å². The SMILES string of the molecule is CCOP(C)(=O)CO[C@@]12C[C@@H]1[C@@H](n1cnc3c(N)ncnc31)[C@](C)(OCOC)C2OCOC. The monoisotopic (exact) mass is 485 g/mol. The molecule has 2 aromatic rings. The van der Waals surface area contributed by atoms with Crippen LogP contribution in [0.4, 0.5) is 5.82 Å². The zero-order valence-electron chi connectivity index (χ0n) is 19.6. The second-order valence-corrected chi connectivity index (χ2v) is 11.2. The Kier molecular flexibility index (Phi) is 6.81. The molecule has 4 rings (SSSR count). The second-order valence-electron chi connectivity index (χ2n) is 8.69. The third-order valence-electron chi connectivity index (χ3n) is 6.44. The third-order valence-corrected chi connectivity index (χ3v) is 7.84. The summed E-state index contributed by atoms with van der Waals surface area (Å²) in [6.45, 7) is 5.74. The first-order valence-electron chi connectivity index (χ1n) is 10.8. The van der Waals surface area contributed by atoms with E-state index in [4.69, 9.17) is 33.9 Å². The molecule has 6 atom stereocenters. The van der Waals surface area contributed by atoms with Crippen LogP contribution in [0.15, 0.2) is 12.7 Å². The van der Waals surface area contributed by atoms with Gasteiger partial charge in [0.05, 0.1) is 19.0 Å². The Bertz CT molecular complexity index is 1040. The molecular formula is C20H32N5O7P. The van der Waals surface area contributed by atoms with Gasteiger partial charge in [-0.1, -0.05) is 0 Å². The van der Waals surface area contributed by atoms with E-state index in [9.17, 15) is 4.57 Å². The van der Waals surface area contributed by atoms with Gasteiger partial charge in [-0.2, -0.15) is 0 Å². The van der Waals surface area contributed by atoms with E-state index in [0.717, 1.165) is 0 Å². The van der Waals surface area contributed by atoms with Gasteiger partial charge in [-0.15, -0.1) is 0 Å². The zero-order chi connectivity index (χ0) is 23.9. The Hall–Kier alpha value is -1.66. The molecule has 0 saturated heterocycles. The fraction of sp³-hybridized carbons (Fsp3) is 0.750. The maximum Gasteiger partial charge on any atom is 0.225 e. The van der Waals surface area contributed by atoms with Crippen molar-refractivity contribution in [3.8, 4) is 0 Å². The van der Waals surface area contributed by atoms with Crippen LogP contribution in [0.25, 0.3) is 11.2 Å². The predicted molar refractivity (Wildman–Crippen MR) is 119 cm³/mol. The first-order chi connectivity index (χ1) is 15.7. The number of hydrogen-bond donors (Lipinski definition) is 1. The highest BCUT2D eigenvalue weighted by Gasteiger charge is 2.79. The molecule has 0 amide bonds. The standard InChI is InChI=1S/C20H32N5O7P/c1-6-32-33(5,26)12-31-20-7-13(20)15(19(2,30-11-28-4)18(20)29-10-27-3)25-9-24-14-16(21)22-8-23-17(14)25/h8-9,13,15,18H,6-7,10-12H2,1-5H3,(H2,21,22,23)/t13-,15-,18?,19+,20+,33?/m1/s1. The van der Waals surface area contributed by atoms with Gasteiger partial charge >= 0.3 is 0 Å². The lowest BCUT2D eigenvalue weighted by molar-refractivity contribution is -0.230. The molecule has 2 heterocycles. The molecular weight excluding hydrogens is 453 g/mol. The Balaban J connectivity index is 1.75. The number of aromatic nitrogens is 4. The predicted octanol–water partition coefficient (Wildman–Crippen LogP) is 2.01. The van der Waals surface area contributed by atoms with E-state index in [2.05, 4.69) is 15.0 Å². The Morgan fingerprint density at radius 1 is 1.21 bits per heavy atom. The molecule has 2 fully saturated rings. The van der Waals surface area contributed by atoms with Crippen LogP contribution in [0.2, 0.25) is 0 Å². The summed E-state index contributed by atoms with van der Waals surface area (Å²) in [6, 6.07) is -0.280. The minimum absolute atomic E-state index is 0.0307. The van der Waals surface area contributed by atoms with Crippen molar-refractivity contribution in [2.75, 3.05) is 53.2 Å². The molecule has 0 aromatic carbocycles.